The summed E-state index contributed by atoms with van der Waals surface area (Å²) in [6.45, 7) is 7.39. The van der Waals surface area contributed by atoms with Crippen LogP contribution in [0.3, 0.4) is 0 Å². The molecule has 0 saturated carbocycles. The molecule has 134 valence electrons. The van der Waals surface area contributed by atoms with Crippen LogP contribution in [0.2, 0.25) is 0 Å². The number of carbonyl (C=O) groups excluding carboxylic acids is 2. The van der Waals surface area contributed by atoms with E-state index in [1.54, 1.807) is 4.90 Å². The fourth-order valence-corrected chi connectivity index (χ4v) is 3.47. The van der Waals surface area contributed by atoms with Crippen molar-refractivity contribution in [2.45, 2.75) is 52.5 Å². The van der Waals surface area contributed by atoms with Crippen LogP contribution in [0.1, 0.15) is 43.1 Å². The van der Waals surface area contributed by atoms with Gasteiger partial charge < -0.3 is 16.0 Å². The minimum Gasteiger partial charge on any atom is -0.370 e. The Hall–Kier alpha value is -2.05. The van der Waals surface area contributed by atoms with Gasteiger partial charge in [0.15, 0.2) is 0 Å². The van der Waals surface area contributed by atoms with Crippen molar-refractivity contribution in [2.24, 2.45) is 18.7 Å². The Morgan fingerprint density at radius 2 is 2.12 bits per heavy atom. The maximum atomic E-state index is 12.5. The first-order valence-corrected chi connectivity index (χ1v) is 8.60. The third-order valence-corrected chi connectivity index (χ3v) is 4.84. The number of nitrogens with one attached hydrogen (secondary N) is 1. The zero-order valence-corrected chi connectivity index (χ0v) is 15.1. The predicted octanol–water partition coefficient (Wildman–Crippen LogP) is 1.26. The Kier molecular flexibility index (Phi) is 5.85. The highest BCUT2D eigenvalue weighted by Crippen LogP contribution is 2.20. The lowest BCUT2D eigenvalue weighted by Gasteiger charge is -2.33. The third kappa shape index (κ3) is 4.49. The van der Waals surface area contributed by atoms with Crippen molar-refractivity contribution >= 4 is 11.9 Å². The van der Waals surface area contributed by atoms with Gasteiger partial charge in [0.05, 0.1) is 5.69 Å². The quantitative estimate of drug-likeness (QED) is 0.848. The van der Waals surface area contributed by atoms with E-state index in [2.05, 4.69) is 10.4 Å². The molecule has 1 saturated heterocycles. The average Bonchev–Trinajstić information content (AvgIpc) is 2.73. The molecular weight excluding hydrogens is 306 g/mol. The first-order chi connectivity index (χ1) is 11.3. The van der Waals surface area contributed by atoms with E-state index < -0.39 is 0 Å². The van der Waals surface area contributed by atoms with E-state index in [9.17, 15) is 9.59 Å². The molecular formula is C17H29N5O2. The van der Waals surface area contributed by atoms with E-state index in [1.807, 2.05) is 32.5 Å². The highest BCUT2D eigenvalue weighted by Gasteiger charge is 2.25. The van der Waals surface area contributed by atoms with Crippen LogP contribution in [0.4, 0.5) is 4.79 Å². The van der Waals surface area contributed by atoms with Crippen molar-refractivity contribution in [3.8, 4) is 0 Å². The molecule has 24 heavy (non-hydrogen) atoms. The molecule has 0 bridgehead atoms. The Morgan fingerprint density at radius 1 is 1.42 bits per heavy atom. The fourth-order valence-electron chi connectivity index (χ4n) is 3.47. The van der Waals surface area contributed by atoms with Crippen molar-refractivity contribution in [2.75, 3.05) is 13.1 Å². The minimum atomic E-state index is -0.293. The molecule has 2 atom stereocenters. The van der Waals surface area contributed by atoms with Gasteiger partial charge in [0.2, 0.25) is 5.91 Å². The predicted molar refractivity (Wildman–Crippen MR) is 92.5 cm³/mol. The van der Waals surface area contributed by atoms with E-state index in [4.69, 9.17) is 5.73 Å². The molecule has 1 fully saturated rings. The maximum Gasteiger partial charge on any atom is 0.317 e. The molecule has 2 unspecified atom stereocenters. The first kappa shape index (κ1) is 18.3. The molecule has 0 aromatic carbocycles. The Balaban J connectivity index is 1.90. The van der Waals surface area contributed by atoms with Crippen LogP contribution < -0.4 is 11.1 Å². The summed E-state index contributed by atoms with van der Waals surface area (Å²) in [4.78, 5) is 25.4. The normalized spacial score (nSPS) is 19.2. The van der Waals surface area contributed by atoms with Gasteiger partial charge in [0.1, 0.15) is 0 Å². The molecule has 7 nitrogen and oxygen atoms in total. The number of rotatable bonds is 5. The first-order valence-electron chi connectivity index (χ1n) is 8.60. The molecule has 1 aromatic heterocycles. The number of nitrogens with zero attached hydrogens (tertiary/aromatic N) is 3. The van der Waals surface area contributed by atoms with Crippen LogP contribution in [-0.4, -0.2) is 45.8 Å². The van der Waals surface area contributed by atoms with E-state index in [0.717, 1.165) is 37.2 Å². The van der Waals surface area contributed by atoms with Crippen LogP contribution >= 0.6 is 0 Å². The Morgan fingerprint density at radius 3 is 2.71 bits per heavy atom. The molecule has 3 N–H and O–H groups in total. The second kappa shape index (κ2) is 7.68. The number of hydrogen-bond donors (Lipinski definition) is 2. The van der Waals surface area contributed by atoms with Crippen molar-refractivity contribution < 1.29 is 9.59 Å². The highest BCUT2D eigenvalue weighted by atomic mass is 16.2. The lowest BCUT2D eigenvalue weighted by molar-refractivity contribution is -0.119. The van der Waals surface area contributed by atoms with Crippen molar-refractivity contribution in [3.63, 3.8) is 0 Å². The van der Waals surface area contributed by atoms with Gasteiger partial charge in [-0.3, -0.25) is 9.48 Å². The lowest BCUT2D eigenvalue weighted by Crippen LogP contribution is -2.48. The SMILES string of the molecule is Cc1nn(C)c(C)c1CC(C)NC(=O)N1CCCC(CC(N)=O)C1. The average molecular weight is 335 g/mol. The van der Waals surface area contributed by atoms with E-state index in [1.165, 1.54) is 5.56 Å². The van der Waals surface area contributed by atoms with Gasteiger partial charge in [0.25, 0.3) is 0 Å². The minimum absolute atomic E-state index is 0.0237. The van der Waals surface area contributed by atoms with Crippen LogP contribution in [0, 0.1) is 19.8 Å². The van der Waals surface area contributed by atoms with Crippen LogP contribution in [-0.2, 0) is 18.3 Å². The molecule has 0 aliphatic carbocycles. The Labute approximate surface area is 143 Å². The number of hydrogen-bond acceptors (Lipinski definition) is 3. The second-order valence-electron chi connectivity index (χ2n) is 6.95. The van der Waals surface area contributed by atoms with E-state index in [0.29, 0.717) is 13.0 Å². The number of primary amides is 1. The van der Waals surface area contributed by atoms with Gasteiger partial charge >= 0.3 is 6.03 Å². The molecule has 0 spiro atoms. The fraction of sp³-hybridized carbons (Fsp3) is 0.706. The molecule has 1 aliphatic heterocycles. The zero-order chi connectivity index (χ0) is 17.9. The van der Waals surface area contributed by atoms with Gasteiger partial charge in [-0.15, -0.1) is 0 Å². The van der Waals surface area contributed by atoms with E-state index >= 15 is 0 Å². The van der Waals surface area contributed by atoms with Crippen molar-refractivity contribution in [1.82, 2.24) is 20.0 Å². The summed E-state index contributed by atoms with van der Waals surface area (Å²) in [5, 5.41) is 7.49. The van der Waals surface area contributed by atoms with Gasteiger partial charge in [-0.05, 0) is 51.5 Å². The topological polar surface area (TPSA) is 93.2 Å². The van der Waals surface area contributed by atoms with Crippen molar-refractivity contribution in [3.05, 3.63) is 17.0 Å². The summed E-state index contributed by atoms with van der Waals surface area (Å²) < 4.78 is 1.87. The van der Waals surface area contributed by atoms with E-state index in [-0.39, 0.29) is 23.9 Å². The summed E-state index contributed by atoms with van der Waals surface area (Å²) in [7, 11) is 1.93. The summed E-state index contributed by atoms with van der Waals surface area (Å²) in [6.07, 6.45) is 2.99. The number of amides is 3. The molecule has 0 radical (unpaired) electrons. The molecule has 3 amide bonds. The number of aryl methyl sites for hydroxylation is 2. The highest BCUT2D eigenvalue weighted by molar-refractivity contribution is 5.76. The molecule has 7 heteroatoms. The van der Waals surface area contributed by atoms with Crippen molar-refractivity contribution in [1.29, 1.82) is 0 Å². The number of aromatic nitrogens is 2. The third-order valence-electron chi connectivity index (χ3n) is 4.84. The lowest BCUT2D eigenvalue weighted by atomic mass is 9.95. The number of urea groups is 1. The van der Waals surface area contributed by atoms with Gasteiger partial charge in [0, 0.05) is 38.3 Å². The zero-order valence-electron chi connectivity index (χ0n) is 15.1. The number of piperidine rings is 1. The monoisotopic (exact) mass is 335 g/mol. The Bertz CT molecular complexity index is 610. The summed E-state index contributed by atoms with van der Waals surface area (Å²) >= 11 is 0. The number of nitrogens with two attached hydrogens (primary N) is 1. The van der Waals surface area contributed by atoms with Crippen LogP contribution in [0.5, 0.6) is 0 Å². The summed E-state index contributed by atoms with van der Waals surface area (Å²) in [5.41, 5.74) is 8.61. The van der Waals surface area contributed by atoms with Gasteiger partial charge in [-0.2, -0.15) is 5.10 Å². The maximum absolute atomic E-state index is 12.5. The number of likely N-dealkylation sites (tertiary alicyclic amines) is 1. The second-order valence-corrected chi connectivity index (χ2v) is 6.95. The van der Waals surface area contributed by atoms with Gasteiger partial charge in [-0.25, -0.2) is 4.79 Å². The standard InChI is InChI=1S/C17H29N5O2/c1-11(8-15-12(2)20-21(4)13(15)3)19-17(24)22-7-5-6-14(10-22)9-16(18)23/h11,14H,5-10H2,1-4H3,(H2,18,23)(H,19,24). The van der Waals surface area contributed by atoms with Gasteiger partial charge in [-0.1, -0.05) is 0 Å². The molecule has 2 rings (SSSR count). The molecule has 2 heterocycles. The molecule has 1 aliphatic rings. The number of carbonyl (C=O) groups is 2. The summed E-state index contributed by atoms with van der Waals surface area (Å²) in [5.74, 6) is -0.113. The molecule has 1 aromatic rings. The van der Waals surface area contributed by atoms with Crippen LogP contribution in [0.25, 0.3) is 0 Å². The van der Waals surface area contributed by atoms with Crippen LogP contribution in [0.15, 0.2) is 0 Å². The smallest absolute Gasteiger partial charge is 0.317 e. The largest absolute Gasteiger partial charge is 0.370 e. The summed E-state index contributed by atoms with van der Waals surface area (Å²) in [6, 6.07) is -0.0357.